The predicted molar refractivity (Wildman–Crippen MR) is 138 cm³/mol. The summed E-state index contributed by atoms with van der Waals surface area (Å²) in [6, 6.07) is 13.6. The van der Waals surface area contributed by atoms with Gasteiger partial charge in [-0.15, -0.1) is 0 Å². The normalized spacial score (nSPS) is 11.4. The van der Waals surface area contributed by atoms with Gasteiger partial charge in [0.05, 0.1) is 23.1 Å². The molecule has 178 valence electrons. The number of nitrogens with one attached hydrogen (secondary N) is 3. The molecule has 0 aliphatic carbocycles. The summed E-state index contributed by atoms with van der Waals surface area (Å²) >= 11 is 0. The number of hydrogen-bond acceptors (Lipinski definition) is 7. The molecule has 0 unspecified atom stereocenters. The minimum absolute atomic E-state index is 0.247. The molecule has 0 saturated heterocycles. The van der Waals surface area contributed by atoms with Crippen molar-refractivity contribution >= 4 is 28.0 Å². The lowest BCUT2D eigenvalue weighted by Gasteiger charge is -2.10. The summed E-state index contributed by atoms with van der Waals surface area (Å²) in [4.78, 5) is 40.2. The van der Waals surface area contributed by atoms with E-state index in [9.17, 15) is 4.79 Å². The second-order valence-corrected chi connectivity index (χ2v) is 8.53. The van der Waals surface area contributed by atoms with E-state index in [1.807, 2.05) is 67.1 Å². The minimum Gasteiger partial charge on any atom is -0.364 e. The van der Waals surface area contributed by atoms with E-state index in [2.05, 4.69) is 30.2 Å². The lowest BCUT2D eigenvalue weighted by Crippen LogP contribution is -2.05. The lowest BCUT2D eigenvalue weighted by atomic mass is 10.1. The Morgan fingerprint density at radius 3 is 2.64 bits per heavy atom. The first-order valence-electron chi connectivity index (χ1n) is 11.6. The van der Waals surface area contributed by atoms with Crippen molar-refractivity contribution < 1.29 is 0 Å². The summed E-state index contributed by atoms with van der Waals surface area (Å²) in [7, 11) is 0. The van der Waals surface area contributed by atoms with Crippen molar-refractivity contribution in [3.63, 3.8) is 0 Å². The molecule has 0 bridgehead atoms. The molecule has 6 rings (SSSR count). The number of anilines is 1. The van der Waals surface area contributed by atoms with Crippen LogP contribution in [0.15, 0.2) is 66.0 Å². The van der Waals surface area contributed by atoms with Crippen molar-refractivity contribution in [1.29, 1.82) is 0 Å². The van der Waals surface area contributed by atoms with Crippen LogP contribution in [0.5, 0.6) is 0 Å². The molecule has 5 heterocycles. The van der Waals surface area contributed by atoms with Crippen molar-refractivity contribution in [3.05, 3.63) is 82.9 Å². The van der Waals surface area contributed by atoms with E-state index < -0.39 is 0 Å². The van der Waals surface area contributed by atoms with Gasteiger partial charge in [-0.3, -0.25) is 9.97 Å². The second-order valence-electron chi connectivity index (χ2n) is 8.53. The van der Waals surface area contributed by atoms with Gasteiger partial charge in [0.25, 0.3) is 0 Å². The third-order valence-electron chi connectivity index (χ3n) is 6.06. The molecular weight excluding hydrogens is 454 g/mol. The third-order valence-corrected chi connectivity index (χ3v) is 6.06. The highest BCUT2D eigenvalue weighted by molar-refractivity contribution is 5.86. The van der Waals surface area contributed by atoms with Crippen LogP contribution in [-0.4, -0.2) is 39.5 Å². The molecule has 1 aromatic carbocycles. The maximum Gasteiger partial charge on any atom is 0.323 e. The Bertz CT molecular complexity index is 1760. The Hall–Kier alpha value is -4.86. The standard InChI is InChI=1S/C26H23N9O/c1-3-35-14-30-22-24(29-13-16-4-6-19(28-12-16)17-8-9-27-15(2)10-17)33-23(34-25(22)35)18-5-7-20-21(11-18)32-26(36)31-20/h4-12,14H,3,13H2,1-2H3,(H,29,33,34)(H2,31,32,36). The Labute approximate surface area is 205 Å². The number of pyridine rings is 2. The van der Waals surface area contributed by atoms with E-state index in [0.717, 1.165) is 45.8 Å². The van der Waals surface area contributed by atoms with E-state index >= 15 is 0 Å². The topological polar surface area (TPSA) is 130 Å². The zero-order valence-corrected chi connectivity index (χ0v) is 19.8. The molecular formula is C26H23N9O. The van der Waals surface area contributed by atoms with Crippen LogP contribution in [0.3, 0.4) is 0 Å². The van der Waals surface area contributed by atoms with Gasteiger partial charge in [-0.2, -0.15) is 0 Å². The summed E-state index contributed by atoms with van der Waals surface area (Å²) in [5.74, 6) is 1.18. The maximum absolute atomic E-state index is 11.7. The maximum atomic E-state index is 11.7. The molecule has 0 amide bonds. The summed E-state index contributed by atoms with van der Waals surface area (Å²) in [5.41, 5.74) is 7.34. The molecule has 0 radical (unpaired) electrons. The van der Waals surface area contributed by atoms with Crippen LogP contribution in [0.25, 0.3) is 44.8 Å². The van der Waals surface area contributed by atoms with E-state index in [1.165, 1.54) is 0 Å². The van der Waals surface area contributed by atoms with Gasteiger partial charge in [0, 0.05) is 42.3 Å². The fourth-order valence-corrected chi connectivity index (χ4v) is 4.19. The van der Waals surface area contributed by atoms with Gasteiger partial charge < -0.3 is 19.9 Å². The molecule has 0 spiro atoms. The first-order chi connectivity index (χ1) is 17.6. The fourth-order valence-electron chi connectivity index (χ4n) is 4.19. The van der Waals surface area contributed by atoms with Crippen LogP contribution < -0.4 is 11.0 Å². The molecule has 36 heavy (non-hydrogen) atoms. The third kappa shape index (κ3) is 3.98. The molecule has 0 saturated carbocycles. The van der Waals surface area contributed by atoms with Crippen LogP contribution >= 0.6 is 0 Å². The Kier molecular flexibility index (Phi) is 5.25. The van der Waals surface area contributed by atoms with Gasteiger partial charge in [-0.25, -0.2) is 19.7 Å². The van der Waals surface area contributed by atoms with E-state index in [4.69, 9.17) is 9.97 Å². The highest BCUT2D eigenvalue weighted by atomic mass is 16.1. The summed E-state index contributed by atoms with van der Waals surface area (Å²) < 4.78 is 1.98. The number of nitrogens with zero attached hydrogens (tertiary/aromatic N) is 6. The molecule has 0 fully saturated rings. The van der Waals surface area contributed by atoms with Crippen molar-refractivity contribution in [3.8, 4) is 22.6 Å². The SMILES string of the molecule is CCn1cnc2c(NCc3ccc(-c4ccnc(C)c4)nc3)nc(-c3ccc4[nH]c(=O)[nH]c4c3)nc21. The van der Waals surface area contributed by atoms with Crippen LogP contribution in [0.1, 0.15) is 18.2 Å². The first-order valence-corrected chi connectivity index (χ1v) is 11.6. The Morgan fingerprint density at radius 1 is 0.944 bits per heavy atom. The number of rotatable bonds is 6. The van der Waals surface area contributed by atoms with Crippen molar-refractivity contribution in [2.75, 3.05) is 5.32 Å². The average molecular weight is 478 g/mol. The summed E-state index contributed by atoms with van der Waals surface area (Å²) in [5, 5.41) is 3.42. The van der Waals surface area contributed by atoms with E-state index in [0.29, 0.717) is 29.2 Å². The smallest absolute Gasteiger partial charge is 0.323 e. The number of H-pyrrole nitrogens is 2. The van der Waals surface area contributed by atoms with Gasteiger partial charge >= 0.3 is 5.69 Å². The first kappa shape index (κ1) is 21.7. The quantitative estimate of drug-likeness (QED) is 0.330. The number of imidazole rings is 2. The van der Waals surface area contributed by atoms with Gasteiger partial charge in [-0.1, -0.05) is 6.07 Å². The molecule has 6 aromatic rings. The van der Waals surface area contributed by atoms with Crippen molar-refractivity contribution in [2.45, 2.75) is 26.9 Å². The average Bonchev–Trinajstić information content (AvgIpc) is 3.49. The number of aromatic amines is 2. The molecule has 5 aromatic heterocycles. The zero-order valence-electron chi connectivity index (χ0n) is 19.8. The predicted octanol–water partition coefficient (Wildman–Crippen LogP) is 4.06. The van der Waals surface area contributed by atoms with Gasteiger partial charge in [0.15, 0.2) is 17.3 Å². The van der Waals surface area contributed by atoms with Crippen LogP contribution in [0.2, 0.25) is 0 Å². The highest BCUT2D eigenvalue weighted by Gasteiger charge is 2.15. The largest absolute Gasteiger partial charge is 0.364 e. The number of aryl methyl sites for hydroxylation is 2. The second kappa shape index (κ2) is 8.73. The molecule has 0 atom stereocenters. The number of hydrogen-bond donors (Lipinski definition) is 3. The van der Waals surface area contributed by atoms with Crippen molar-refractivity contribution in [1.82, 2.24) is 39.5 Å². The fraction of sp³-hybridized carbons (Fsp3) is 0.154. The highest BCUT2D eigenvalue weighted by Crippen LogP contribution is 2.26. The number of aromatic nitrogens is 8. The zero-order chi connectivity index (χ0) is 24.6. The lowest BCUT2D eigenvalue weighted by molar-refractivity contribution is 0.777. The molecule has 0 aliphatic rings. The van der Waals surface area contributed by atoms with Crippen LogP contribution in [0.4, 0.5) is 5.82 Å². The van der Waals surface area contributed by atoms with Gasteiger partial charge in [-0.05, 0) is 55.8 Å². The molecule has 10 nitrogen and oxygen atoms in total. The monoisotopic (exact) mass is 477 g/mol. The molecule has 3 N–H and O–H groups in total. The van der Waals surface area contributed by atoms with E-state index in [1.54, 1.807) is 12.5 Å². The number of benzene rings is 1. The molecule has 0 aliphatic heterocycles. The van der Waals surface area contributed by atoms with Gasteiger partial charge in [0.1, 0.15) is 5.52 Å². The molecule has 10 heteroatoms. The van der Waals surface area contributed by atoms with Crippen LogP contribution in [0, 0.1) is 6.92 Å². The van der Waals surface area contributed by atoms with Crippen molar-refractivity contribution in [2.24, 2.45) is 0 Å². The van der Waals surface area contributed by atoms with E-state index in [-0.39, 0.29) is 5.69 Å². The minimum atomic E-state index is -0.247. The Balaban J connectivity index is 1.32. The number of fused-ring (bicyclic) bond motifs is 2. The van der Waals surface area contributed by atoms with Gasteiger partial charge in [0.2, 0.25) is 0 Å². The summed E-state index contributed by atoms with van der Waals surface area (Å²) in [6.45, 7) is 5.27. The van der Waals surface area contributed by atoms with Crippen LogP contribution in [-0.2, 0) is 13.1 Å². The Morgan fingerprint density at radius 2 is 1.83 bits per heavy atom. The summed E-state index contributed by atoms with van der Waals surface area (Å²) in [6.07, 6.45) is 5.42.